The van der Waals surface area contributed by atoms with Gasteiger partial charge in [-0.1, -0.05) is 20.8 Å². The molecule has 2 fully saturated rings. The van der Waals surface area contributed by atoms with Crippen molar-refractivity contribution in [2.45, 2.75) is 91.0 Å². The lowest BCUT2D eigenvalue weighted by Crippen LogP contribution is -2.47. The van der Waals surface area contributed by atoms with Gasteiger partial charge < -0.3 is 20.4 Å². The van der Waals surface area contributed by atoms with E-state index in [0.29, 0.717) is 36.4 Å². The predicted molar refractivity (Wildman–Crippen MR) is 136 cm³/mol. The third kappa shape index (κ3) is 4.91. The highest BCUT2D eigenvalue weighted by molar-refractivity contribution is 5.97. The molecule has 2 amide bonds. The molecule has 1 atom stereocenters. The second-order valence-corrected chi connectivity index (χ2v) is 10.9. The number of carbonyl (C=O) groups is 2. The second kappa shape index (κ2) is 9.72. The number of aryl methyl sites for hydroxylation is 1. The lowest BCUT2D eigenvalue weighted by atomic mass is 9.96. The molecule has 2 aromatic heterocycles. The molecule has 0 aromatic carbocycles. The first-order chi connectivity index (χ1) is 16.9. The molecule has 1 saturated heterocycles. The monoisotopic (exact) mass is 499 g/mol. The first kappa shape index (κ1) is 25.9. The Morgan fingerprint density at radius 3 is 2.53 bits per heavy atom. The van der Waals surface area contributed by atoms with Gasteiger partial charge in [0.05, 0.1) is 17.3 Å². The predicted octanol–water partition coefficient (Wildman–Crippen LogP) is 2.09. The van der Waals surface area contributed by atoms with E-state index in [9.17, 15) is 24.6 Å². The summed E-state index contributed by atoms with van der Waals surface area (Å²) in [6.45, 7) is 10.1. The molecular formula is C26H37N5O5. The zero-order valence-electron chi connectivity index (χ0n) is 21.7. The highest BCUT2D eigenvalue weighted by Gasteiger charge is 2.38. The Kier molecular flexibility index (Phi) is 7.01. The number of aromatic nitrogens is 3. The molecule has 196 valence electrons. The number of likely N-dealkylation sites (tertiary alicyclic amines) is 1. The molecule has 3 heterocycles. The van der Waals surface area contributed by atoms with Crippen molar-refractivity contribution in [3.8, 4) is 5.88 Å². The molecule has 1 aliphatic carbocycles. The van der Waals surface area contributed by atoms with Gasteiger partial charge in [0.15, 0.2) is 5.56 Å². The van der Waals surface area contributed by atoms with Crippen LogP contribution >= 0.6 is 0 Å². The van der Waals surface area contributed by atoms with Crippen molar-refractivity contribution < 1.29 is 19.8 Å². The number of fused-ring (bicyclic) bond motifs is 1. The summed E-state index contributed by atoms with van der Waals surface area (Å²) in [6, 6.07) is -0.253. The smallest absolute Gasteiger partial charge is 0.270 e. The zero-order valence-corrected chi connectivity index (χ0v) is 21.7. The van der Waals surface area contributed by atoms with Crippen LogP contribution in [0.1, 0.15) is 81.9 Å². The lowest BCUT2D eigenvalue weighted by molar-refractivity contribution is -0.131. The molecule has 0 unspecified atom stereocenters. The van der Waals surface area contributed by atoms with Crippen LogP contribution in [0.5, 0.6) is 5.88 Å². The number of nitrogens with zero attached hydrogens (tertiary/aromatic N) is 4. The van der Waals surface area contributed by atoms with Gasteiger partial charge in [0.25, 0.3) is 11.5 Å². The molecule has 2 aromatic rings. The van der Waals surface area contributed by atoms with Crippen LogP contribution in [-0.2, 0) is 17.8 Å². The number of aromatic hydroxyl groups is 1. The molecule has 10 heteroatoms. The molecule has 10 nitrogen and oxygen atoms in total. The number of hydrogen-bond acceptors (Lipinski definition) is 6. The first-order valence-corrected chi connectivity index (χ1v) is 12.8. The Bertz CT molecular complexity index is 1260. The molecule has 3 N–H and O–H groups in total. The quantitative estimate of drug-likeness (QED) is 0.477. The maximum Gasteiger partial charge on any atom is 0.270 e. The van der Waals surface area contributed by atoms with Crippen molar-refractivity contribution in [1.29, 1.82) is 0 Å². The van der Waals surface area contributed by atoms with E-state index in [-0.39, 0.29) is 29.5 Å². The van der Waals surface area contributed by atoms with E-state index in [0.717, 1.165) is 25.7 Å². The molecular weight excluding hydrogens is 462 g/mol. The van der Waals surface area contributed by atoms with E-state index in [1.807, 2.05) is 20.8 Å². The standard InChI is InChI=1S/C26H37N5O5/c1-6-18-17(11-12-20(32)29-13-7-8-19(29)26(4,5)36)23-30(14-15(2)3)24(34)21(25(35)31(23)28-18)22(33)27-16-9-10-16/h11-12,15-16,19,35-36H,6-10,13-14H2,1-5H3,(H,27,33)/b12-11+/t19-/m1/s1. The topological polar surface area (TPSA) is 129 Å². The SMILES string of the molecule is CCc1nn2c(O)c(C(=O)NC3CC3)c(=O)n(CC(C)C)c2c1/C=C/C(=O)N1CCC[C@@H]1C(C)(C)O. The van der Waals surface area contributed by atoms with Gasteiger partial charge in [0, 0.05) is 30.8 Å². The van der Waals surface area contributed by atoms with E-state index < -0.39 is 22.9 Å². The average Bonchev–Trinajstić information content (AvgIpc) is 3.32. The van der Waals surface area contributed by atoms with E-state index in [1.165, 1.54) is 15.2 Å². The molecule has 1 aliphatic heterocycles. The summed E-state index contributed by atoms with van der Waals surface area (Å²) in [4.78, 5) is 41.1. The van der Waals surface area contributed by atoms with Crippen LogP contribution < -0.4 is 10.9 Å². The van der Waals surface area contributed by atoms with E-state index in [2.05, 4.69) is 10.4 Å². The van der Waals surface area contributed by atoms with Crippen LogP contribution in [0, 0.1) is 5.92 Å². The maximum absolute atomic E-state index is 13.5. The average molecular weight is 500 g/mol. The van der Waals surface area contributed by atoms with Crippen molar-refractivity contribution in [3.63, 3.8) is 0 Å². The van der Waals surface area contributed by atoms with Gasteiger partial charge in [0.2, 0.25) is 11.8 Å². The summed E-state index contributed by atoms with van der Waals surface area (Å²) in [5.74, 6) is -1.27. The van der Waals surface area contributed by atoms with Crippen LogP contribution in [0.25, 0.3) is 11.7 Å². The van der Waals surface area contributed by atoms with Gasteiger partial charge in [0.1, 0.15) is 5.65 Å². The third-order valence-electron chi connectivity index (χ3n) is 6.88. The number of carbonyl (C=O) groups excluding carboxylic acids is 2. The van der Waals surface area contributed by atoms with Gasteiger partial charge in [-0.15, -0.1) is 0 Å². The Labute approximate surface area is 210 Å². The first-order valence-electron chi connectivity index (χ1n) is 12.8. The molecule has 0 bridgehead atoms. The minimum absolute atomic E-state index is 0.0252. The van der Waals surface area contributed by atoms with E-state index in [4.69, 9.17) is 0 Å². The Morgan fingerprint density at radius 1 is 1.25 bits per heavy atom. The van der Waals surface area contributed by atoms with Gasteiger partial charge in [-0.2, -0.15) is 9.61 Å². The van der Waals surface area contributed by atoms with Crippen LogP contribution in [0.2, 0.25) is 0 Å². The van der Waals surface area contributed by atoms with E-state index >= 15 is 0 Å². The fourth-order valence-corrected chi connectivity index (χ4v) is 4.97. The van der Waals surface area contributed by atoms with Crippen molar-refractivity contribution in [1.82, 2.24) is 24.4 Å². The molecule has 0 radical (unpaired) electrons. The number of amides is 2. The fraction of sp³-hybridized carbons (Fsp3) is 0.615. The Hall–Kier alpha value is -3.14. The summed E-state index contributed by atoms with van der Waals surface area (Å²) < 4.78 is 2.71. The van der Waals surface area contributed by atoms with Crippen LogP contribution in [0.15, 0.2) is 10.9 Å². The number of hydrogen-bond donors (Lipinski definition) is 3. The number of rotatable bonds is 8. The highest BCUT2D eigenvalue weighted by Crippen LogP contribution is 2.29. The van der Waals surface area contributed by atoms with Gasteiger partial charge in [-0.05, 0) is 57.9 Å². The number of aliphatic hydroxyl groups is 1. The summed E-state index contributed by atoms with van der Waals surface area (Å²) in [5.41, 5.74) is -0.442. The third-order valence-corrected chi connectivity index (χ3v) is 6.88. The number of nitrogens with one attached hydrogen (secondary N) is 1. The zero-order chi connectivity index (χ0) is 26.4. The van der Waals surface area contributed by atoms with Gasteiger partial charge in [-0.3, -0.25) is 19.0 Å². The van der Waals surface area contributed by atoms with Crippen molar-refractivity contribution in [2.75, 3.05) is 6.54 Å². The largest absolute Gasteiger partial charge is 0.492 e. The minimum Gasteiger partial charge on any atom is -0.492 e. The highest BCUT2D eigenvalue weighted by atomic mass is 16.3. The van der Waals surface area contributed by atoms with Gasteiger partial charge in [-0.25, -0.2) is 0 Å². The van der Waals surface area contributed by atoms with Crippen LogP contribution in [0.3, 0.4) is 0 Å². The summed E-state index contributed by atoms with van der Waals surface area (Å²) in [5, 5.41) is 28.8. The van der Waals surface area contributed by atoms with E-state index in [1.54, 1.807) is 24.8 Å². The van der Waals surface area contributed by atoms with Gasteiger partial charge >= 0.3 is 0 Å². The normalized spacial score (nSPS) is 18.6. The molecule has 0 spiro atoms. The lowest BCUT2D eigenvalue weighted by Gasteiger charge is -2.33. The fourth-order valence-electron chi connectivity index (χ4n) is 4.97. The molecule has 2 aliphatic rings. The van der Waals surface area contributed by atoms with Crippen molar-refractivity contribution >= 4 is 23.5 Å². The van der Waals surface area contributed by atoms with Crippen molar-refractivity contribution in [2.24, 2.45) is 5.92 Å². The van der Waals surface area contributed by atoms with Crippen molar-refractivity contribution in [3.05, 3.63) is 33.3 Å². The minimum atomic E-state index is -1.01. The second-order valence-electron chi connectivity index (χ2n) is 10.9. The summed E-state index contributed by atoms with van der Waals surface area (Å²) in [7, 11) is 0. The van der Waals surface area contributed by atoms with Crippen LogP contribution in [-0.4, -0.2) is 65.3 Å². The molecule has 1 saturated carbocycles. The Balaban J connectivity index is 1.82. The summed E-state index contributed by atoms with van der Waals surface area (Å²) >= 11 is 0. The molecule has 4 rings (SSSR count). The maximum atomic E-state index is 13.5. The van der Waals surface area contributed by atoms with Crippen LogP contribution in [0.4, 0.5) is 0 Å². The Morgan fingerprint density at radius 2 is 1.94 bits per heavy atom. The summed E-state index contributed by atoms with van der Waals surface area (Å²) in [6.07, 6.45) is 6.81. The molecule has 36 heavy (non-hydrogen) atoms.